The maximum absolute atomic E-state index is 12.1. The maximum atomic E-state index is 12.1. The van der Waals surface area contributed by atoms with Crippen molar-refractivity contribution >= 4 is 23.5 Å². The molecule has 2 aromatic rings. The second kappa shape index (κ2) is 9.25. The third-order valence-electron chi connectivity index (χ3n) is 3.40. The van der Waals surface area contributed by atoms with Gasteiger partial charge in [-0.3, -0.25) is 0 Å². The lowest BCUT2D eigenvalue weighted by molar-refractivity contribution is 0.0499. The Kier molecular flexibility index (Phi) is 7.03. The van der Waals surface area contributed by atoms with Gasteiger partial charge in [-0.1, -0.05) is 47.6 Å². The molecule has 0 amide bonds. The van der Waals surface area contributed by atoms with Crippen molar-refractivity contribution in [2.24, 2.45) is 4.40 Å². The molecule has 0 aromatic heterocycles. The van der Waals surface area contributed by atoms with Crippen LogP contribution in [0.1, 0.15) is 41.3 Å². The number of esters is 1. The zero-order chi connectivity index (χ0) is 17.4. The standard InChI is InChI=1S/C19H21NO3S/c1-3-4-13-23-19(21)17-9-7-16(8-10-17)14-20-24(22)18-11-5-15(2)6-12-18/h5-12,14H,3-4,13H2,1-2H3. The first-order valence-corrected chi connectivity index (χ1v) is 9.00. The normalized spacial score (nSPS) is 12.3. The minimum absolute atomic E-state index is 0.324. The molecule has 0 aliphatic carbocycles. The van der Waals surface area contributed by atoms with E-state index in [9.17, 15) is 9.35 Å². The van der Waals surface area contributed by atoms with Crippen molar-refractivity contribution in [1.82, 2.24) is 0 Å². The summed E-state index contributed by atoms with van der Waals surface area (Å²) in [7, 11) is 0. The minimum atomic E-state index is -1.43. The van der Waals surface area contributed by atoms with Crippen molar-refractivity contribution in [3.8, 4) is 0 Å². The molecule has 0 spiro atoms. The quantitative estimate of drug-likeness (QED) is 0.329. The van der Waals surface area contributed by atoms with Crippen LogP contribution in [0.4, 0.5) is 0 Å². The average Bonchev–Trinajstić information content (AvgIpc) is 2.61. The molecule has 0 saturated carbocycles. The van der Waals surface area contributed by atoms with Crippen LogP contribution < -0.4 is 0 Å². The first-order valence-electron chi connectivity index (χ1n) is 7.90. The molecule has 2 rings (SSSR count). The van der Waals surface area contributed by atoms with Crippen molar-refractivity contribution in [3.05, 3.63) is 65.2 Å². The molecule has 4 nitrogen and oxygen atoms in total. The predicted octanol–water partition coefficient (Wildman–Crippen LogP) is 4.09. The first kappa shape index (κ1) is 18.2. The van der Waals surface area contributed by atoms with Crippen molar-refractivity contribution in [1.29, 1.82) is 0 Å². The number of benzene rings is 2. The largest absolute Gasteiger partial charge is 0.586 e. The van der Waals surface area contributed by atoms with Gasteiger partial charge < -0.3 is 9.29 Å². The monoisotopic (exact) mass is 343 g/mol. The van der Waals surface area contributed by atoms with E-state index in [2.05, 4.69) is 4.40 Å². The summed E-state index contributed by atoms with van der Waals surface area (Å²) in [6, 6.07) is 14.3. The summed E-state index contributed by atoms with van der Waals surface area (Å²) in [4.78, 5) is 12.5. The molecule has 126 valence electrons. The lowest BCUT2D eigenvalue weighted by atomic mass is 10.1. The summed E-state index contributed by atoms with van der Waals surface area (Å²) in [6.07, 6.45) is 3.39. The number of unbranched alkanes of at least 4 members (excludes halogenated alkanes) is 1. The molecule has 0 radical (unpaired) electrons. The predicted molar refractivity (Wildman–Crippen MR) is 96.8 cm³/mol. The topological polar surface area (TPSA) is 61.7 Å². The molecule has 2 aromatic carbocycles. The molecular weight excluding hydrogens is 322 g/mol. The number of rotatable bonds is 7. The van der Waals surface area contributed by atoms with E-state index in [1.54, 1.807) is 42.6 Å². The number of carbonyl (C=O) groups excluding carboxylic acids is 1. The SMILES string of the molecule is CCCCOC(=O)c1ccc(C=N[S+]([O-])c2ccc(C)cc2)cc1. The summed E-state index contributed by atoms with van der Waals surface area (Å²) < 4.78 is 21.3. The van der Waals surface area contributed by atoms with Crippen LogP contribution in [-0.4, -0.2) is 23.3 Å². The Balaban J connectivity index is 1.95. The third-order valence-corrected chi connectivity index (χ3v) is 4.37. The second-order valence-electron chi connectivity index (χ2n) is 5.41. The van der Waals surface area contributed by atoms with Gasteiger partial charge in [-0.25, -0.2) is 4.79 Å². The fraction of sp³-hybridized carbons (Fsp3) is 0.263. The summed E-state index contributed by atoms with van der Waals surface area (Å²) in [5, 5.41) is 0. The van der Waals surface area contributed by atoms with E-state index in [0.717, 1.165) is 24.0 Å². The van der Waals surface area contributed by atoms with Gasteiger partial charge in [0.25, 0.3) is 0 Å². The van der Waals surface area contributed by atoms with Crippen molar-refractivity contribution in [3.63, 3.8) is 0 Å². The third kappa shape index (κ3) is 5.51. The van der Waals surface area contributed by atoms with E-state index in [1.165, 1.54) is 0 Å². The van der Waals surface area contributed by atoms with Gasteiger partial charge in [0.1, 0.15) is 11.4 Å². The summed E-state index contributed by atoms with van der Waals surface area (Å²) in [6.45, 7) is 4.46. The van der Waals surface area contributed by atoms with E-state index in [0.29, 0.717) is 17.1 Å². The Hall–Kier alpha value is -2.11. The van der Waals surface area contributed by atoms with E-state index >= 15 is 0 Å². The van der Waals surface area contributed by atoms with Crippen LogP contribution in [0, 0.1) is 6.92 Å². The Labute approximate surface area is 145 Å². The van der Waals surface area contributed by atoms with Crippen molar-refractivity contribution in [2.45, 2.75) is 31.6 Å². The van der Waals surface area contributed by atoms with E-state index in [4.69, 9.17) is 4.74 Å². The van der Waals surface area contributed by atoms with Crippen LogP contribution >= 0.6 is 0 Å². The van der Waals surface area contributed by atoms with Gasteiger partial charge >= 0.3 is 5.97 Å². The first-order chi connectivity index (χ1) is 11.6. The summed E-state index contributed by atoms with van der Waals surface area (Å²) in [5.41, 5.74) is 2.39. The molecule has 5 heteroatoms. The van der Waals surface area contributed by atoms with Crippen LogP contribution in [0.15, 0.2) is 57.8 Å². The summed E-state index contributed by atoms with van der Waals surface area (Å²) >= 11 is -1.43. The summed E-state index contributed by atoms with van der Waals surface area (Å²) in [5.74, 6) is -0.324. The lowest BCUT2D eigenvalue weighted by Crippen LogP contribution is -2.06. The van der Waals surface area contributed by atoms with Gasteiger partial charge in [0.2, 0.25) is 0 Å². The highest BCUT2D eigenvalue weighted by Gasteiger charge is 2.09. The van der Waals surface area contributed by atoms with Gasteiger partial charge in [-0.05, 0) is 43.2 Å². The molecule has 1 atom stereocenters. The number of hydrogen-bond donors (Lipinski definition) is 0. The smallest absolute Gasteiger partial charge is 0.338 e. The van der Waals surface area contributed by atoms with Crippen LogP contribution in [0.5, 0.6) is 0 Å². The van der Waals surface area contributed by atoms with Crippen molar-refractivity contribution < 1.29 is 14.1 Å². The zero-order valence-electron chi connectivity index (χ0n) is 13.9. The van der Waals surface area contributed by atoms with Crippen LogP contribution in [0.25, 0.3) is 0 Å². The van der Waals surface area contributed by atoms with Gasteiger partial charge in [-0.2, -0.15) is 0 Å². The highest BCUT2D eigenvalue weighted by Crippen LogP contribution is 2.13. The molecule has 0 heterocycles. The van der Waals surface area contributed by atoms with Gasteiger partial charge in [0, 0.05) is 0 Å². The molecule has 0 aliphatic rings. The second-order valence-corrected chi connectivity index (χ2v) is 6.59. The van der Waals surface area contributed by atoms with Crippen LogP contribution in [0.2, 0.25) is 0 Å². The molecule has 0 fully saturated rings. The average molecular weight is 343 g/mol. The highest BCUT2D eigenvalue weighted by atomic mass is 32.2. The molecule has 24 heavy (non-hydrogen) atoms. The van der Waals surface area contributed by atoms with E-state index in [-0.39, 0.29) is 5.97 Å². The number of aryl methyl sites for hydroxylation is 1. The van der Waals surface area contributed by atoms with Gasteiger partial charge in [-0.15, -0.1) is 0 Å². The van der Waals surface area contributed by atoms with Gasteiger partial charge in [0.15, 0.2) is 4.90 Å². The van der Waals surface area contributed by atoms with Crippen LogP contribution in [-0.2, 0) is 16.1 Å². The van der Waals surface area contributed by atoms with Crippen molar-refractivity contribution in [2.75, 3.05) is 6.61 Å². The highest BCUT2D eigenvalue weighted by molar-refractivity contribution is 7.90. The Morgan fingerprint density at radius 3 is 2.46 bits per heavy atom. The fourth-order valence-electron chi connectivity index (χ4n) is 1.92. The lowest BCUT2D eigenvalue weighted by Gasteiger charge is -2.04. The number of hydrogen-bond acceptors (Lipinski definition) is 4. The van der Waals surface area contributed by atoms with E-state index in [1.807, 2.05) is 26.0 Å². The maximum Gasteiger partial charge on any atom is 0.338 e. The number of carbonyl (C=O) groups is 1. The minimum Gasteiger partial charge on any atom is -0.586 e. The Morgan fingerprint density at radius 1 is 1.17 bits per heavy atom. The van der Waals surface area contributed by atoms with Crippen LogP contribution in [0.3, 0.4) is 0 Å². The van der Waals surface area contributed by atoms with E-state index < -0.39 is 11.4 Å². The van der Waals surface area contributed by atoms with Gasteiger partial charge in [0.05, 0.1) is 18.4 Å². The molecule has 0 bridgehead atoms. The molecule has 0 N–H and O–H groups in total. The zero-order valence-corrected chi connectivity index (χ0v) is 14.7. The Bertz CT molecular complexity index is 681. The fourth-order valence-corrected chi connectivity index (χ4v) is 2.63. The Morgan fingerprint density at radius 2 is 1.83 bits per heavy atom. The number of ether oxygens (including phenoxy) is 1. The molecule has 0 aliphatic heterocycles. The molecule has 1 unspecified atom stereocenters. The number of nitrogens with zero attached hydrogens (tertiary/aromatic N) is 1. The molecule has 0 saturated heterocycles. The molecular formula is C19H21NO3S.